The van der Waals surface area contributed by atoms with Crippen LogP contribution < -0.4 is 10.3 Å². The van der Waals surface area contributed by atoms with Crippen molar-refractivity contribution in [3.8, 4) is 0 Å². The van der Waals surface area contributed by atoms with E-state index in [4.69, 9.17) is 11.6 Å². The van der Waals surface area contributed by atoms with Gasteiger partial charge in [-0.3, -0.25) is 9.36 Å². The third-order valence-electron chi connectivity index (χ3n) is 3.29. The lowest BCUT2D eigenvalue weighted by atomic mass is 10.3. The van der Waals surface area contributed by atoms with Gasteiger partial charge in [0.15, 0.2) is 0 Å². The maximum atomic E-state index is 12.2. The van der Waals surface area contributed by atoms with Crippen molar-refractivity contribution in [3.05, 3.63) is 57.2 Å². The molecule has 0 aliphatic carbocycles. The summed E-state index contributed by atoms with van der Waals surface area (Å²) in [5.41, 5.74) is 1.04. The molecule has 0 saturated carbocycles. The zero-order valence-electron chi connectivity index (χ0n) is 12.2. The summed E-state index contributed by atoms with van der Waals surface area (Å²) < 4.78 is 28.1. The number of hydrogen-bond donors (Lipinski definition) is 1. The first-order chi connectivity index (χ1) is 10.3. The highest BCUT2D eigenvalue weighted by atomic mass is 35.5. The van der Waals surface area contributed by atoms with Gasteiger partial charge in [0.25, 0.3) is 5.56 Å². The van der Waals surface area contributed by atoms with Gasteiger partial charge in [0.2, 0.25) is 10.0 Å². The van der Waals surface area contributed by atoms with E-state index in [1.807, 2.05) is 0 Å². The Labute approximate surface area is 133 Å². The first kappa shape index (κ1) is 16.7. The molecule has 0 amide bonds. The molecule has 0 radical (unpaired) electrons. The minimum absolute atomic E-state index is 0.0159. The van der Waals surface area contributed by atoms with E-state index in [1.54, 1.807) is 26.0 Å². The molecule has 0 saturated heterocycles. The molecule has 0 atom stereocenters. The molecule has 0 fully saturated rings. The highest BCUT2D eigenvalue weighted by Gasteiger charge is 2.16. The Morgan fingerprint density at radius 2 is 1.95 bits per heavy atom. The zero-order valence-corrected chi connectivity index (χ0v) is 13.8. The van der Waals surface area contributed by atoms with Crippen LogP contribution in [0.3, 0.4) is 0 Å². The van der Waals surface area contributed by atoms with E-state index in [-0.39, 0.29) is 28.6 Å². The largest absolute Gasteiger partial charge is 0.298 e. The predicted molar refractivity (Wildman–Crippen MR) is 84.6 cm³/mol. The third-order valence-corrected chi connectivity index (χ3v) is 5.25. The first-order valence-electron chi connectivity index (χ1n) is 6.60. The van der Waals surface area contributed by atoms with Crippen LogP contribution in [0.5, 0.6) is 0 Å². The molecule has 1 heterocycles. The molecule has 0 aliphatic heterocycles. The average molecular weight is 342 g/mol. The van der Waals surface area contributed by atoms with Gasteiger partial charge in [-0.15, -0.1) is 0 Å². The van der Waals surface area contributed by atoms with Gasteiger partial charge in [-0.1, -0.05) is 23.7 Å². The summed E-state index contributed by atoms with van der Waals surface area (Å²) in [7, 11) is -3.71. The predicted octanol–water partition coefficient (Wildman–Crippen LogP) is 1.49. The van der Waals surface area contributed by atoms with E-state index in [1.165, 1.54) is 23.0 Å². The number of nitrogens with zero attached hydrogens (tertiary/aromatic N) is 2. The Balaban J connectivity index is 2.10. The summed E-state index contributed by atoms with van der Waals surface area (Å²) >= 11 is 5.88. The van der Waals surface area contributed by atoms with Crippen LogP contribution in [0.15, 0.2) is 40.3 Å². The van der Waals surface area contributed by atoms with Gasteiger partial charge in [0, 0.05) is 24.3 Å². The summed E-state index contributed by atoms with van der Waals surface area (Å²) in [4.78, 5) is 16.1. The molecule has 2 aromatic rings. The van der Waals surface area contributed by atoms with Gasteiger partial charge in [0.1, 0.15) is 4.90 Å². The molecule has 0 unspecified atom stereocenters. The van der Waals surface area contributed by atoms with Gasteiger partial charge in [-0.25, -0.2) is 18.1 Å². The number of sulfonamides is 1. The molecular weight excluding hydrogens is 326 g/mol. The minimum Gasteiger partial charge on any atom is -0.298 e. The van der Waals surface area contributed by atoms with Crippen molar-refractivity contribution in [2.45, 2.75) is 25.3 Å². The fourth-order valence-electron chi connectivity index (χ4n) is 1.88. The molecule has 1 aromatic carbocycles. The summed E-state index contributed by atoms with van der Waals surface area (Å²) in [6.07, 6.45) is 1.41. The molecule has 1 aromatic heterocycles. The number of benzene rings is 1. The number of aromatic nitrogens is 2. The normalized spacial score (nSPS) is 11.6. The number of aryl methyl sites for hydroxylation is 1. The molecule has 6 nitrogen and oxygen atoms in total. The van der Waals surface area contributed by atoms with Crippen molar-refractivity contribution < 1.29 is 8.42 Å². The molecule has 0 aliphatic rings. The Kier molecular flexibility index (Phi) is 5.00. The standard InChI is InChI=1S/C14H16ClN3O3S/c1-10-11(2)16-9-18(14(10)19)8-7-17-22(20,21)13-6-4-3-5-12(13)15/h3-6,9,17H,7-8H2,1-2H3. The lowest BCUT2D eigenvalue weighted by molar-refractivity contribution is 0.568. The first-order valence-corrected chi connectivity index (χ1v) is 8.46. The van der Waals surface area contributed by atoms with Gasteiger partial charge in [-0.2, -0.15) is 0 Å². The molecule has 1 N–H and O–H groups in total. The van der Waals surface area contributed by atoms with E-state index < -0.39 is 10.0 Å². The second-order valence-corrected chi connectivity index (χ2v) is 6.92. The Bertz CT molecular complexity index is 847. The highest BCUT2D eigenvalue weighted by molar-refractivity contribution is 7.89. The Morgan fingerprint density at radius 1 is 1.27 bits per heavy atom. The minimum atomic E-state index is -3.71. The fraction of sp³-hybridized carbons (Fsp3) is 0.286. The van der Waals surface area contributed by atoms with Gasteiger partial charge >= 0.3 is 0 Å². The molecule has 2 rings (SSSR count). The van der Waals surface area contributed by atoms with Crippen LogP contribution >= 0.6 is 11.6 Å². The SMILES string of the molecule is Cc1ncn(CCNS(=O)(=O)c2ccccc2Cl)c(=O)c1C. The summed E-state index contributed by atoms with van der Waals surface area (Å²) in [6, 6.07) is 6.18. The van der Waals surface area contributed by atoms with Crippen LogP contribution in [-0.4, -0.2) is 24.5 Å². The lowest BCUT2D eigenvalue weighted by Gasteiger charge is -2.10. The van der Waals surface area contributed by atoms with Gasteiger partial charge in [0.05, 0.1) is 11.3 Å². The number of nitrogens with one attached hydrogen (secondary N) is 1. The van der Waals surface area contributed by atoms with E-state index in [2.05, 4.69) is 9.71 Å². The van der Waals surface area contributed by atoms with Crippen LogP contribution in [-0.2, 0) is 16.6 Å². The molecule has 22 heavy (non-hydrogen) atoms. The molecule has 118 valence electrons. The second-order valence-electron chi connectivity index (χ2n) is 4.78. The number of halogens is 1. The van der Waals surface area contributed by atoms with Gasteiger partial charge < -0.3 is 0 Å². The Hall–Kier alpha value is -1.70. The van der Waals surface area contributed by atoms with Crippen molar-refractivity contribution in [2.75, 3.05) is 6.54 Å². The van der Waals surface area contributed by atoms with Gasteiger partial charge in [-0.05, 0) is 26.0 Å². The number of rotatable bonds is 5. The van der Waals surface area contributed by atoms with Crippen molar-refractivity contribution in [2.24, 2.45) is 0 Å². The summed E-state index contributed by atoms with van der Waals surface area (Å²) in [5.74, 6) is 0. The zero-order chi connectivity index (χ0) is 16.3. The molecule has 0 bridgehead atoms. The van der Waals surface area contributed by atoms with E-state index >= 15 is 0 Å². The molecule has 8 heteroatoms. The van der Waals surface area contributed by atoms with E-state index in [0.29, 0.717) is 11.3 Å². The van der Waals surface area contributed by atoms with Crippen LogP contribution in [0.25, 0.3) is 0 Å². The second kappa shape index (κ2) is 6.60. The smallest absolute Gasteiger partial charge is 0.256 e. The Morgan fingerprint density at radius 3 is 2.64 bits per heavy atom. The number of hydrogen-bond acceptors (Lipinski definition) is 4. The van der Waals surface area contributed by atoms with E-state index in [9.17, 15) is 13.2 Å². The average Bonchev–Trinajstić information content (AvgIpc) is 2.47. The summed E-state index contributed by atoms with van der Waals surface area (Å²) in [5, 5.41) is 0.153. The van der Waals surface area contributed by atoms with Crippen LogP contribution in [0.1, 0.15) is 11.3 Å². The van der Waals surface area contributed by atoms with Crippen LogP contribution in [0.4, 0.5) is 0 Å². The van der Waals surface area contributed by atoms with Crippen molar-refractivity contribution in [3.63, 3.8) is 0 Å². The van der Waals surface area contributed by atoms with E-state index in [0.717, 1.165) is 0 Å². The highest BCUT2D eigenvalue weighted by Crippen LogP contribution is 2.19. The lowest BCUT2D eigenvalue weighted by Crippen LogP contribution is -2.32. The fourth-order valence-corrected chi connectivity index (χ4v) is 3.41. The van der Waals surface area contributed by atoms with Crippen LogP contribution in [0.2, 0.25) is 5.02 Å². The molecule has 0 spiro atoms. The maximum absolute atomic E-state index is 12.2. The van der Waals surface area contributed by atoms with Crippen molar-refractivity contribution in [1.29, 1.82) is 0 Å². The molecular formula is C14H16ClN3O3S. The van der Waals surface area contributed by atoms with Crippen molar-refractivity contribution in [1.82, 2.24) is 14.3 Å². The summed E-state index contributed by atoms with van der Waals surface area (Å²) in [6.45, 7) is 3.70. The van der Waals surface area contributed by atoms with Crippen LogP contribution in [0, 0.1) is 13.8 Å². The van der Waals surface area contributed by atoms with Crippen molar-refractivity contribution >= 4 is 21.6 Å². The third kappa shape index (κ3) is 3.55. The topological polar surface area (TPSA) is 81.1 Å². The quantitative estimate of drug-likeness (QED) is 0.893. The maximum Gasteiger partial charge on any atom is 0.256 e. The monoisotopic (exact) mass is 341 g/mol.